The fourth-order valence-electron chi connectivity index (χ4n) is 3.95. The van der Waals surface area contributed by atoms with Gasteiger partial charge in [-0.3, -0.25) is 9.89 Å². The predicted octanol–water partition coefficient (Wildman–Crippen LogP) is 1.35. The van der Waals surface area contributed by atoms with E-state index in [9.17, 15) is 4.79 Å². The van der Waals surface area contributed by atoms with Gasteiger partial charge in [0.25, 0.3) is 5.91 Å². The van der Waals surface area contributed by atoms with Crippen LogP contribution in [0.1, 0.15) is 41.0 Å². The number of carbonyl (C=O) groups excluding carboxylic acids is 1. The average molecular weight is 297 g/mol. The summed E-state index contributed by atoms with van der Waals surface area (Å²) in [6.45, 7) is 3.63. The first-order valence-electron chi connectivity index (χ1n) is 7.39. The largest absolute Gasteiger partial charge is 0.337 e. The second kappa shape index (κ2) is 5.37. The third-order valence-corrected chi connectivity index (χ3v) is 5.02. The van der Waals surface area contributed by atoms with E-state index in [1.807, 2.05) is 4.90 Å². The summed E-state index contributed by atoms with van der Waals surface area (Å²) in [6.07, 6.45) is 4.89. The van der Waals surface area contributed by atoms with Crippen LogP contribution in [0, 0.1) is 11.8 Å². The number of likely N-dealkylation sites (tertiary alicyclic amines) is 1. The van der Waals surface area contributed by atoms with Gasteiger partial charge < -0.3 is 10.2 Å². The van der Waals surface area contributed by atoms with E-state index in [2.05, 4.69) is 15.5 Å². The Labute approximate surface area is 124 Å². The second-order valence-corrected chi connectivity index (χ2v) is 6.12. The number of nitrogens with one attached hydrogen (secondary N) is 2. The predicted molar refractivity (Wildman–Crippen MR) is 78.0 cm³/mol. The molecule has 0 aromatic carbocycles. The first kappa shape index (κ1) is 13.9. The molecule has 110 valence electrons. The Kier molecular flexibility index (Phi) is 3.73. The zero-order valence-corrected chi connectivity index (χ0v) is 12.3. The molecule has 1 aromatic rings. The van der Waals surface area contributed by atoms with Crippen LogP contribution in [0.15, 0.2) is 0 Å². The third-order valence-electron chi connectivity index (χ3n) is 5.02. The second-order valence-electron chi connectivity index (χ2n) is 6.12. The summed E-state index contributed by atoms with van der Waals surface area (Å²) in [6, 6.07) is 0. The molecule has 5 nitrogen and oxygen atoms in total. The van der Waals surface area contributed by atoms with Gasteiger partial charge in [0.05, 0.1) is 0 Å². The number of H-pyrrole nitrogens is 1. The van der Waals surface area contributed by atoms with Crippen molar-refractivity contribution in [1.82, 2.24) is 20.4 Å². The Hall–Kier alpha value is -1.07. The van der Waals surface area contributed by atoms with E-state index in [1.165, 1.54) is 19.3 Å². The van der Waals surface area contributed by atoms with E-state index >= 15 is 0 Å². The molecular formula is C14H21ClN4O. The molecule has 0 bridgehead atoms. The molecule has 1 saturated heterocycles. The number of aromatic nitrogens is 2. The Morgan fingerprint density at radius 1 is 1.25 bits per heavy atom. The fourth-order valence-corrected chi connectivity index (χ4v) is 3.95. The van der Waals surface area contributed by atoms with Crippen LogP contribution in [-0.4, -0.2) is 40.6 Å². The number of amides is 1. The molecule has 2 N–H and O–H groups in total. The van der Waals surface area contributed by atoms with Crippen LogP contribution < -0.4 is 5.32 Å². The molecule has 1 aromatic heterocycles. The Morgan fingerprint density at radius 3 is 2.75 bits per heavy atom. The van der Waals surface area contributed by atoms with E-state index in [1.54, 1.807) is 0 Å². The van der Waals surface area contributed by atoms with Crippen molar-refractivity contribution in [3.63, 3.8) is 0 Å². The van der Waals surface area contributed by atoms with Crippen molar-refractivity contribution in [2.45, 2.75) is 32.2 Å². The minimum Gasteiger partial charge on any atom is -0.337 e. The molecule has 1 amide bonds. The molecule has 2 aliphatic heterocycles. The fraction of sp³-hybridized carbons (Fsp3) is 0.714. The summed E-state index contributed by atoms with van der Waals surface area (Å²) in [5.74, 6) is 1.63. The molecule has 2 fully saturated rings. The number of rotatable bonds is 1. The van der Waals surface area contributed by atoms with Gasteiger partial charge in [-0.05, 0) is 24.7 Å². The number of hydrogen-bond acceptors (Lipinski definition) is 3. The summed E-state index contributed by atoms with van der Waals surface area (Å²) in [5.41, 5.74) is 2.89. The molecule has 1 saturated carbocycles. The highest BCUT2D eigenvalue weighted by molar-refractivity contribution is 5.94. The van der Waals surface area contributed by atoms with E-state index in [0.29, 0.717) is 5.69 Å². The molecule has 3 heterocycles. The molecule has 2 unspecified atom stereocenters. The maximum absolute atomic E-state index is 12.6. The van der Waals surface area contributed by atoms with Crippen LogP contribution in [0.5, 0.6) is 0 Å². The quantitative estimate of drug-likeness (QED) is 0.822. The Balaban J connectivity index is 0.00000121. The van der Waals surface area contributed by atoms with Crippen molar-refractivity contribution in [2.75, 3.05) is 19.6 Å². The highest BCUT2D eigenvalue weighted by Crippen LogP contribution is 2.38. The Morgan fingerprint density at radius 2 is 2.00 bits per heavy atom. The number of carbonyl (C=O) groups is 1. The summed E-state index contributed by atoms with van der Waals surface area (Å²) in [7, 11) is 0. The van der Waals surface area contributed by atoms with E-state index in [-0.39, 0.29) is 18.3 Å². The number of hydrogen-bond donors (Lipinski definition) is 2. The van der Waals surface area contributed by atoms with Crippen molar-refractivity contribution in [3.05, 3.63) is 17.0 Å². The van der Waals surface area contributed by atoms with E-state index < -0.39 is 0 Å². The molecule has 4 rings (SSSR count). The van der Waals surface area contributed by atoms with Crippen molar-refractivity contribution >= 4 is 18.3 Å². The lowest BCUT2D eigenvalue weighted by atomic mass is 10.0. The van der Waals surface area contributed by atoms with Crippen LogP contribution in [0.4, 0.5) is 0 Å². The van der Waals surface area contributed by atoms with Crippen molar-refractivity contribution < 1.29 is 4.79 Å². The van der Waals surface area contributed by atoms with Gasteiger partial charge in [0.1, 0.15) is 0 Å². The van der Waals surface area contributed by atoms with Gasteiger partial charge in [0.2, 0.25) is 0 Å². The number of nitrogens with zero attached hydrogens (tertiary/aromatic N) is 2. The topological polar surface area (TPSA) is 61.0 Å². The molecule has 6 heteroatoms. The monoisotopic (exact) mass is 296 g/mol. The SMILES string of the molecule is Cl.O=C(c1n[nH]c2c1CNCC2)N1CC2CCCC2C1. The van der Waals surface area contributed by atoms with E-state index in [0.717, 1.165) is 55.7 Å². The first-order valence-corrected chi connectivity index (χ1v) is 7.39. The van der Waals surface area contributed by atoms with Gasteiger partial charge in [0, 0.05) is 43.9 Å². The van der Waals surface area contributed by atoms with Gasteiger partial charge >= 0.3 is 0 Å². The lowest BCUT2D eigenvalue weighted by Gasteiger charge is -2.18. The van der Waals surface area contributed by atoms with Gasteiger partial charge in [-0.25, -0.2) is 0 Å². The van der Waals surface area contributed by atoms with Gasteiger partial charge in [0.15, 0.2) is 5.69 Å². The molecule has 3 aliphatic rings. The molecule has 0 radical (unpaired) electrons. The lowest BCUT2D eigenvalue weighted by molar-refractivity contribution is 0.0773. The summed E-state index contributed by atoms with van der Waals surface area (Å²) < 4.78 is 0. The van der Waals surface area contributed by atoms with Gasteiger partial charge in [-0.15, -0.1) is 12.4 Å². The highest BCUT2D eigenvalue weighted by Gasteiger charge is 2.39. The zero-order valence-electron chi connectivity index (χ0n) is 11.5. The standard InChI is InChI=1S/C14H20N4O.ClH/c19-14(18-7-9-2-1-3-10(9)8-18)13-11-6-15-5-4-12(11)16-17-13;/h9-10,15H,1-8H2,(H,16,17);1H. The van der Waals surface area contributed by atoms with Crippen molar-refractivity contribution in [2.24, 2.45) is 11.8 Å². The molecular weight excluding hydrogens is 276 g/mol. The highest BCUT2D eigenvalue weighted by atomic mass is 35.5. The van der Waals surface area contributed by atoms with Crippen LogP contribution in [0.2, 0.25) is 0 Å². The summed E-state index contributed by atoms with van der Waals surface area (Å²) >= 11 is 0. The van der Waals surface area contributed by atoms with Crippen molar-refractivity contribution in [1.29, 1.82) is 0 Å². The van der Waals surface area contributed by atoms with Crippen molar-refractivity contribution in [3.8, 4) is 0 Å². The van der Waals surface area contributed by atoms with E-state index in [4.69, 9.17) is 0 Å². The minimum atomic E-state index is 0. The van der Waals surface area contributed by atoms with Crippen LogP contribution in [0.3, 0.4) is 0 Å². The molecule has 2 atom stereocenters. The first-order chi connectivity index (χ1) is 9.33. The number of aromatic amines is 1. The smallest absolute Gasteiger partial charge is 0.274 e. The normalized spacial score (nSPS) is 27.9. The lowest BCUT2D eigenvalue weighted by Crippen LogP contribution is -2.32. The van der Waals surface area contributed by atoms with Gasteiger partial charge in [-0.2, -0.15) is 5.10 Å². The summed E-state index contributed by atoms with van der Waals surface area (Å²) in [4.78, 5) is 14.7. The Bertz CT molecular complexity index is 503. The summed E-state index contributed by atoms with van der Waals surface area (Å²) in [5, 5.41) is 10.6. The van der Waals surface area contributed by atoms with Crippen LogP contribution in [-0.2, 0) is 13.0 Å². The van der Waals surface area contributed by atoms with Gasteiger partial charge in [-0.1, -0.05) is 6.42 Å². The maximum Gasteiger partial charge on any atom is 0.274 e. The van der Waals surface area contributed by atoms with Crippen LogP contribution in [0.25, 0.3) is 0 Å². The number of halogens is 1. The minimum absolute atomic E-state index is 0. The molecule has 0 spiro atoms. The average Bonchev–Trinajstić information content (AvgIpc) is 3.11. The number of fused-ring (bicyclic) bond motifs is 2. The molecule has 1 aliphatic carbocycles. The zero-order chi connectivity index (χ0) is 12.8. The molecule has 20 heavy (non-hydrogen) atoms. The third kappa shape index (κ3) is 2.13. The maximum atomic E-state index is 12.6. The van der Waals surface area contributed by atoms with Crippen LogP contribution >= 0.6 is 12.4 Å².